The predicted octanol–water partition coefficient (Wildman–Crippen LogP) is 2.72. The zero-order valence-corrected chi connectivity index (χ0v) is 6.79. The molecule has 0 atom stereocenters. The molecule has 0 saturated carbocycles. The van der Waals surface area contributed by atoms with E-state index in [1.54, 1.807) is 6.26 Å². The highest BCUT2D eigenvalue weighted by Crippen LogP contribution is 2.21. The van der Waals surface area contributed by atoms with Crippen LogP contribution >= 0.6 is 0 Å². The van der Waals surface area contributed by atoms with Gasteiger partial charge in [0.05, 0.1) is 5.56 Å². The van der Waals surface area contributed by atoms with Crippen molar-refractivity contribution in [1.82, 2.24) is 0 Å². The van der Waals surface area contributed by atoms with Gasteiger partial charge in [0.25, 0.3) is 0 Å². The number of furan rings is 1. The lowest BCUT2D eigenvalue weighted by molar-refractivity contribution is 0.615. The molecule has 0 spiro atoms. The van der Waals surface area contributed by atoms with Crippen molar-refractivity contribution in [3.05, 3.63) is 35.6 Å². The Hall–Kier alpha value is -1.68. The monoisotopic (exact) mass is 156 g/mol. The third-order valence-corrected chi connectivity index (χ3v) is 1.88. The van der Waals surface area contributed by atoms with Crippen LogP contribution in [0.15, 0.2) is 28.9 Å². The third-order valence-electron chi connectivity index (χ3n) is 1.88. The van der Waals surface area contributed by atoms with Crippen LogP contribution in [0, 0.1) is 19.3 Å². The number of hydrogen-bond donors (Lipinski definition) is 0. The molecule has 12 heavy (non-hydrogen) atoms. The second-order valence-corrected chi connectivity index (χ2v) is 2.79. The highest BCUT2D eigenvalue weighted by atomic mass is 16.3. The maximum Gasteiger partial charge on any atom is 0.135 e. The summed E-state index contributed by atoms with van der Waals surface area (Å²) in [6, 6.07) is 5.98. The Bertz CT molecular complexity index is 457. The van der Waals surface area contributed by atoms with E-state index < -0.39 is 0 Å². The molecule has 2 rings (SSSR count). The minimum Gasteiger partial charge on any atom is -0.463 e. The summed E-state index contributed by atoms with van der Waals surface area (Å²) >= 11 is 0. The Morgan fingerprint density at radius 1 is 1.42 bits per heavy atom. The highest BCUT2D eigenvalue weighted by molar-refractivity contribution is 5.84. The quantitative estimate of drug-likeness (QED) is 0.534. The van der Waals surface area contributed by atoms with Gasteiger partial charge in [-0.1, -0.05) is 17.6 Å². The fraction of sp³-hybridized carbons (Fsp3) is 0.0909. The van der Waals surface area contributed by atoms with Crippen molar-refractivity contribution >= 4 is 11.0 Å². The summed E-state index contributed by atoms with van der Waals surface area (Å²) in [5.74, 6) is 2.58. The molecule has 0 radical (unpaired) electrons. The van der Waals surface area contributed by atoms with Gasteiger partial charge in [-0.25, -0.2) is 0 Å². The molecule has 2 aromatic rings. The van der Waals surface area contributed by atoms with Gasteiger partial charge in [-0.05, 0) is 19.1 Å². The van der Waals surface area contributed by atoms with Crippen LogP contribution in [0.4, 0.5) is 0 Å². The minimum atomic E-state index is 0.828. The fourth-order valence-corrected chi connectivity index (χ4v) is 1.25. The van der Waals surface area contributed by atoms with E-state index in [0.29, 0.717) is 0 Å². The van der Waals surface area contributed by atoms with E-state index in [2.05, 4.69) is 5.92 Å². The van der Waals surface area contributed by atoms with Crippen LogP contribution in [0.1, 0.15) is 11.1 Å². The number of terminal acetylenes is 1. The number of benzene rings is 1. The van der Waals surface area contributed by atoms with E-state index in [1.165, 1.54) is 5.56 Å². The number of aryl methyl sites for hydroxylation is 1. The zero-order chi connectivity index (χ0) is 8.55. The van der Waals surface area contributed by atoms with Crippen LogP contribution < -0.4 is 0 Å². The van der Waals surface area contributed by atoms with Gasteiger partial charge < -0.3 is 4.42 Å². The molecule has 0 aliphatic rings. The molecule has 1 nitrogen and oxygen atoms in total. The molecule has 0 unspecified atom stereocenters. The van der Waals surface area contributed by atoms with E-state index >= 15 is 0 Å². The largest absolute Gasteiger partial charge is 0.463 e. The predicted molar refractivity (Wildman–Crippen MR) is 48.9 cm³/mol. The zero-order valence-electron chi connectivity index (χ0n) is 6.79. The SMILES string of the molecule is C#Cc1coc2ccc(C)cc12. The van der Waals surface area contributed by atoms with Gasteiger partial charge in [0.15, 0.2) is 0 Å². The minimum absolute atomic E-state index is 0.828. The van der Waals surface area contributed by atoms with Gasteiger partial charge >= 0.3 is 0 Å². The molecule has 1 heterocycles. The molecule has 0 N–H and O–H groups in total. The lowest BCUT2D eigenvalue weighted by atomic mass is 10.1. The number of rotatable bonds is 0. The summed E-state index contributed by atoms with van der Waals surface area (Å²) in [4.78, 5) is 0. The highest BCUT2D eigenvalue weighted by Gasteiger charge is 2.01. The summed E-state index contributed by atoms with van der Waals surface area (Å²) in [6.45, 7) is 2.03. The number of hydrogen-bond acceptors (Lipinski definition) is 1. The first kappa shape index (κ1) is 7.00. The molecule has 0 fully saturated rings. The molecule has 0 saturated heterocycles. The Kier molecular flexibility index (Phi) is 1.41. The molecule has 0 aliphatic carbocycles. The Morgan fingerprint density at radius 3 is 3.00 bits per heavy atom. The van der Waals surface area contributed by atoms with Crippen molar-refractivity contribution in [1.29, 1.82) is 0 Å². The lowest BCUT2D eigenvalue weighted by Gasteiger charge is -1.91. The van der Waals surface area contributed by atoms with Crippen LogP contribution in [0.2, 0.25) is 0 Å². The first-order chi connectivity index (χ1) is 5.81. The van der Waals surface area contributed by atoms with E-state index in [4.69, 9.17) is 10.8 Å². The van der Waals surface area contributed by atoms with Gasteiger partial charge in [0, 0.05) is 5.39 Å². The standard InChI is InChI=1S/C11H8O/c1-3-9-7-12-11-5-4-8(2)6-10(9)11/h1,4-7H,2H3. The van der Waals surface area contributed by atoms with E-state index in [1.807, 2.05) is 25.1 Å². The van der Waals surface area contributed by atoms with Gasteiger partial charge in [-0.15, -0.1) is 6.42 Å². The maximum absolute atomic E-state index is 5.30. The van der Waals surface area contributed by atoms with Crippen molar-refractivity contribution in [2.75, 3.05) is 0 Å². The van der Waals surface area contributed by atoms with Crippen molar-refractivity contribution in [3.63, 3.8) is 0 Å². The first-order valence-corrected chi connectivity index (χ1v) is 3.76. The van der Waals surface area contributed by atoms with Crippen LogP contribution in [0.25, 0.3) is 11.0 Å². The molecule has 1 aromatic carbocycles. The summed E-state index contributed by atoms with van der Waals surface area (Å²) in [7, 11) is 0. The molecule has 0 amide bonds. The van der Waals surface area contributed by atoms with Gasteiger partial charge in [-0.2, -0.15) is 0 Å². The van der Waals surface area contributed by atoms with E-state index in [0.717, 1.165) is 16.5 Å². The average Bonchev–Trinajstić information content (AvgIpc) is 2.46. The second-order valence-electron chi connectivity index (χ2n) is 2.79. The normalized spacial score (nSPS) is 10.0. The number of fused-ring (bicyclic) bond motifs is 1. The van der Waals surface area contributed by atoms with Crippen LogP contribution in [-0.4, -0.2) is 0 Å². The molecule has 0 aliphatic heterocycles. The van der Waals surface area contributed by atoms with Crippen LogP contribution in [-0.2, 0) is 0 Å². The Balaban J connectivity index is 2.86. The molecular weight excluding hydrogens is 148 g/mol. The smallest absolute Gasteiger partial charge is 0.135 e. The summed E-state index contributed by atoms with van der Waals surface area (Å²) in [5.41, 5.74) is 2.88. The molecule has 1 heteroatoms. The van der Waals surface area contributed by atoms with Crippen LogP contribution in [0.3, 0.4) is 0 Å². The first-order valence-electron chi connectivity index (χ1n) is 3.76. The summed E-state index contributed by atoms with van der Waals surface area (Å²) in [5, 5.41) is 1.03. The third kappa shape index (κ3) is 0.895. The summed E-state index contributed by atoms with van der Waals surface area (Å²) < 4.78 is 5.25. The second kappa shape index (κ2) is 2.42. The van der Waals surface area contributed by atoms with Crippen molar-refractivity contribution in [2.24, 2.45) is 0 Å². The van der Waals surface area contributed by atoms with Crippen molar-refractivity contribution < 1.29 is 4.42 Å². The van der Waals surface area contributed by atoms with Crippen molar-refractivity contribution in [2.45, 2.75) is 6.92 Å². The molecule has 58 valence electrons. The van der Waals surface area contributed by atoms with Gasteiger partial charge in [0.2, 0.25) is 0 Å². The van der Waals surface area contributed by atoms with Gasteiger partial charge in [-0.3, -0.25) is 0 Å². The fourth-order valence-electron chi connectivity index (χ4n) is 1.25. The van der Waals surface area contributed by atoms with E-state index in [-0.39, 0.29) is 0 Å². The molecule has 0 bridgehead atoms. The summed E-state index contributed by atoms with van der Waals surface area (Å²) in [6.07, 6.45) is 6.92. The Labute approximate surface area is 71.0 Å². The van der Waals surface area contributed by atoms with Gasteiger partial charge in [0.1, 0.15) is 11.8 Å². The molecule has 1 aromatic heterocycles. The topological polar surface area (TPSA) is 13.1 Å². The van der Waals surface area contributed by atoms with Crippen LogP contribution in [0.5, 0.6) is 0 Å². The van der Waals surface area contributed by atoms with E-state index in [9.17, 15) is 0 Å². The molecular formula is C11H8O. The average molecular weight is 156 g/mol. The maximum atomic E-state index is 5.30. The van der Waals surface area contributed by atoms with Crippen molar-refractivity contribution in [3.8, 4) is 12.3 Å². The Morgan fingerprint density at radius 2 is 2.25 bits per heavy atom. The lowest BCUT2D eigenvalue weighted by Crippen LogP contribution is -1.72.